The summed E-state index contributed by atoms with van der Waals surface area (Å²) >= 11 is 0. The molecule has 2 saturated carbocycles. The maximum Gasteiger partial charge on any atom is 0.230 e. The monoisotopic (exact) mass is 480 g/mol. The van der Waals surface area contributed by atoms with Crippen molar-refractivity contribution in [2.45, 2.75) is 37.0 Å². The number of allylic oxidation sites excluding steroid dienone is 4. The lowest BCUT2D eigenvalue weighted by atomic mass is 9.52. The van der Waals surface area contributed by atoms with Crippen LogP contribution in [-0.2, 0) is 20.8 Å². The number of nitrogens with two attached hydrogens (primary N) is 1. The summed E-state index contributed by atoms with van der Waals surface area (Å²) < 4.78 is 0. The van der Waals surface area contributed by atoms with Gasteiger partial charge in [0.05, 0.1) is 17.6 Å². The van der Waals surface area contributed by atoms with E-state index in [1.165, 1.54) is 6.07 Å². The molecular formula is C26H28N2O7. The van der Waals surface area contributed by atoms with E-state index in [2.05, 4.69) is 0 Å². The maximum atomic E-state index is 13.8. The largest absolute Gasteiger partial charge is 0.507 e. The van der Waals surface area contributed by atoms with Gasteiger partial charge in [-0.25, -0.2) is 0 Å². The molecular weight excluding hydrogens is 452 g/mol. The Morgan fingerprint density at radius 1 is 1.17 bits per heavy atom. The van der Waals surface area contributed by atoms with E-state index in [1.54, 1.807) is 25.1 Å². The van der Waals surface area contributed by atoms with Gasteiger partial charge in [-0.1, -0.05) is 24.3 Å². The maximum absolute atomic E-state index is 13.8. The van der Waals surface area contributed by atoms with Gasteiger partial charge in [0.25, 0.3) is 0 Å². The summed E-state index contributed by atoms with van der Waals surface area (Å²) in [6, 6.07) is 2.25. The molecule has 5 N–H and O–H groups in total. The molecule has 1 amide bonds. The van der Waals surface area contributed by atoms with Crippen molar-refractivity contribution in [2.24, 2.45) is 29.4 Å². The summed E-state index contributed by atoms with van der Waals surface area (Å²) in [7, 11) is 3.24. The zero-order chi connectivity index (χ0) is 25.4. The third-order valence-electron chi connectivity index (χ3n) is 8.26. The highest BCUT2D eigenvalue weighted by Gasteiger charge is 2.69. The lowest BCUT2D eigenvalue weighted by molar-refractivity contribution is -0.190. The quantitative estimate of drug-likeness (QED) is 0.440. The van der Waals surface area contributed by atoms with Gasteiger partial charge in [0, 0.05) is 12.0 Å². The number of Topliss-reactive ketones (excluding diaryl/α,β-unsaturated/α-hetero) is 3. The Labute approximate surface area is 201 Å². The number of amides is 1. The average Bonchev–Trinajstić information content (AvgIpc) is 3.30. The molecule has 0 radical (unpaired) electrons. The van der Waals surface area contributed by atoms with Gasteiger partial charge in [-0.15, -0.1) is 0 Å². The van der Waals surface area contributed by atoms with Crippen LogP contribution in [0.5, 0.6) is 5.75 Å². The number of phenolic OH excluding ortho intramolecular Hbond substituents is 1. The molecule has 0 heterocycles. The third kappa shape index (κ3) is 3.11. The number of aliphatic hydroxyl groups is 2. The van der Waals surface area contributed by atoms with Crippen LogP contribution in [-0.4, -0.2) is 75.3 Å². The molecule has 0 spiro atoms. The highest BCUT2D eigenvalue weighted by Crippen LogP contribution is 2.52. The van der Waals surface area contributed by atoms with Gasteiger partial charge in [-0.3, -0.25) is 19.2 Å². The number of fused-ring (bicyclic) bond motifs is 3. The molecule has 184 valence electrons. The van der Waals surface area contributed by atoms with Crippen LogP contribution in [0.4, 0.5) is 0 Å². The van der Waals surface area contributed by atoms with Crippen LogP contribution in [0, 0.1) is 23.7 Å². The lowest BCUT2D eigenvalue weighted by Gasteiger charge is -2.54. The topological polar surface area (TPSA) is 158 Å². The first-order chi connectivity index (χ1) is 16.5. The number of aromatic hydroxyl groups is 1. The molecule has 9 nitrogen and oxygen atoms in total. The average molecular weight is 481 g/mol. The van der Waals surface area contributed by atoms with E-state index < -0.39 is 64.7 Å². The summed E-state index contributed by atoms with van der Waals surface area (Å²) in [6.07, 6.45) is 5.56. The second kappa shape index (κ2) is 7.94. The summed E-state index contributed by atoms with van der Waals surface area (Å²) in [5.41, 5.74) is 5.11. The second-order valence-electron chi connectivity index (χ2n) is 10.3. The van der Waals surface area contributed by atoms with Gasteiger partial charge in [0.1, 0.15) is 11.7 Å². The molecule has 0 saturated heterocycles. The number of aliphatic hydroxyl groups excluding tert-OH is 1. The zero-order valence-corrected chi connectivity index (χ0v) is 19.5. The van der Waals surface area contributed by atoms with Crippen LogP contribution in [0.15, 0.2) is 30.4 Å². The number of hydrogen-bond donors (Lipinski definition) is 4. The smallest absolute Gasteiger partial charge is 0.230 e. The molecule has 4 unspecified atom stereocenters. The molecule has 7 atom stereocenters. The number of carbonyl (C=O) groups is 4. The zero-order valence-electron chi connectivity index (χ0n) is 19.5. The van der Waals surface area contributed by atoms with Gasteiger partial charge < -0.3 is 26.0 Å². The number of primary amides is 1. The molecule has 35 heavy (non-hydrogen) atoms. The van der Waals surface area contributed by atoms with E-state index in [4.69, 9.17) is 5.73 Å². The van der Waals surface area contributed by atoms with Gasteiger partial charge in [-0.2, -0.15) is 0 Å². The van der Waals surface area contributed by atoms with Gasteiger partial charge >= 0.3 is 0 Å². The van der Waals surface area contributed by atoms with Crippen LogP contribution in [0.2, 0.25) is 0 Å². The number of hydrogen-bond acceptors (Lipinski definition) is 8. The molecule has 0 aliphatic heterocycles. The van der Waals surface area contributed by atoms with E-state index in [1.807, 2.05) is 18.2 Å². The van der Waals surface area contributed by atoms with Crippen molar-refractivity contribution in [1.82, 2.24) is 4.90 Å². The fourth-order valence-electron chi connectivity index (χ4n) is 6.75. The Balaban J connectivity index is 1.65. The molecule has 2 fully saturated rings. The Bertz CT molecular complexity index is 1230. The Hall–Kier alpha value is -3.14. The minimum absolute atomic E-state index is 0.0271. The summed E-state index contributed by atoms with van der Waals surface area (Å²) in [6.45, 7) is 0. The molecule has 1 aromatic rings. The Kier molecular flexibility index (Phi) is 5.35. The first-order valence-corrected chi connectivity index (χ1v) is 11.7. The number of likely N-dealkylation sites (N-methyl/N-ethyl adjacent to an activating group) is 1. The van der Waals surface area contributed by atoms with Crippen LogP contribution >= 0.6 is 0 Å². The fourth-order valence-corrected chi connectivity index (χ4v) is 6.75. The van der Waals surface area contributed by atoms with Crippen LogP contribution in [0.25, 0.3) is 5.57 Å². The van der Waals surface area contributed by atoms with Crippen LogP contribution in [0.3, 0.4) is 0 Å². The van der Waals surface area contributed by atoms with Crippen molar-refractivity contribution in [2.75, 3.05) is 14.1 Å². The van der Waals surface area contributed by atoms with Crippen molar-refractivity contribution >= 4 is 28.8 Å². The summed E-state index contributed by atoms with van der Waals surface area (Å²) in [4.78, 5) is 54.4. The minimum Gasteiger partial charge on any atom is -0.507 e. The number of nitrogens with zero attached hydrogens (tertiary/aromatic N) is 1. The van der Waals surface area contributed by atoms with Crippen molar-refractivity contribution in [3.63, 3.8) is 0 Å². The summed E-state index contributed by atoms with van der Waals surface area (Å²) in [5, 5.41) is 33.1. The predicted molar refractivity (Wildman–Crippen MR) is 124 cm³/mol. The molecule has 0 bridgehead atoms. The number of carbonyl (C=O) groups excluding carboxylic acids is 4. The third-order valence-corrected chi connectivity index (χ3v) is 8.26. The van der Waals surface area contributed by atoms with E-state index in [-0.39, 0.29) is 24.2 Å². The molecule has 5 rings (SSSR count). The fraction of sp³-hybridized carbons (Fsp3) is 0.462. The van der Waals surface area contributed by atoms with Crippen LogP contribution < -0.4 is 5.73 Å². The van der Waals surface area contributed by atoms with Crippen LogP contribution in [0.1, 0.15) is 34.3 Å². The Morgan fingerprint density at radius 3 is 2.49 bits per heavy atom. The van der Waals surface area contributed by atoms with E-state index in [0.717, 1.165) is 17.6 Å². The normalized spacial score (nSPS) is 36.0. The van der Waals surface area contributed by atoms with E-state index in [9.17, 15) is 34.5 Å². The Morgan fingerprint density at radius 2 is 1.89 bits per heavy atom. The first-order valence-electron chi connectivity index (χ1n) is 11.7. The second-order valence-corrected chi connectivity index (χ2v) is 10.3. The van der Waals surface area contributed by atoms with E-state index >= 15 is 0 Å². The van der Waals surface area contributed by atoms with Gasteiger partial charge in [-0.05, 0) is 62.0 Å². The van der Waals surface area contributed by atoms with Crippen molar-refractivity contribution in [3.8, 4) is 5.75 Å². The van der Waals surface area contributed by atoms with Crippen molar-refractivity contribution in [1.29, 1.82) is 0 Å². The summed E-state index contributed by atoms with van der Waals surface area (Å²) in [5.74, 6) is -8.93. The number of benzene rings is 1. The molecule has 9 heteroatoms. The lowest BCUT2D eigenvalue weighted by Crippen LogP contribution is -2.75. The predicted octanol–water partition coefficient (Wildman–Crippen LogP) is 0.00210. The number of rotatable bonds is 3. The van der Waals surface area contributed by atoms with Crippen molar-refractivity contribution < 1.29 is 34.5 Å². The molecule has 0 aromatic heterocycles. The highest BCUT2D eigenvalue weighted by molar-refractivity contribution is 6.25. The molecule has 1 aromatic carbocycles. The van der Waals surface area contributed by atoms with E-state index in [0.29, 0.717) is 5.56 Å². The van der Waals surface area contributed by atoms with Crippen molar-refractivity contribution in [3.05, 3.63) is 47.1 Å². The minimum atomic E-state index is -2.65. The molecule has 4 aliphatic carbocycles. The van der Waals surface area contributed by atoms with Gasteiger partial charge in [0.2, 0.25) is 5.91 Å². The molecule has 4 aliphatic rings. The van der Waals surface area contributed by atoms with Gasteiger partial charge in [0.15, 0.2) is 23.0 Å². The number of phenols is 1. The standard InChI is InChI=1S/C26H28N2O7/c1-28(2)20-15-10-12-9-14-13(11-5-3-4-6-11)7-8-16(29)18(14)21(30)17(12)23(32)26(15,35)24(33)19(22(20)31)25(27)34/h3,5-8,12,15,17,19-20,22,29,31,35H,4,9-10H2,1-2H3,(H2,27,34)/t12-,15-,17?,19?,20?,22?,26-/m1/s1. The SMILES string of the molecule is CN(C)C1C(O)C(C(N)=O)C(=O)[C@]2(O)C(=O)C3C(=O)c4c(O)ccc(C5=CCC=C5)c4C[C@@H]3C[C@H]12. The number of ketones is 3. The highest BCUT2D eigenvalue weighted by atomic mass is 16.3. The first kappa shape index (κ1) is 23.6.